The number of piperidine rings is 1. The molecule has 2 unspecified atom stereocenters. The first-order chi connectivity index (χ1) is 8.40. The maximum Gasteiger partial charge on any atom is 0.129 e. The maximum absolute atomic E-state index is 4.80. The van der Waals surface area contributed by atoms with Gasteiger partial charge in [0.2, 0.25) is 0 Å². The van der Waals surface area contributed by atoms with Crippen molar-refractivity contribution in [1.82, 2.24) is 4.98 Å². The molecule has 1 aromatic heterocycles. The Bertz CT molecular complexity index is 564. The number of para-hydroxylation sites is 1. The molecule has 2 nitrogen and oxygen atoms in total. The van der Waals surface area contributed by atoms with E-state index < -0.39 is 0 Å². The molecule has 1 aromatic carbocycles. The molecule has 2 aliphatic rings. The molecular formula is C15H16N2. The van der Waals surface area contributed by atoms with E-state index in [9.17, 15) is 0 Å². The lowest BCUT2D eigenvalue weighted by Gasteiger charge is -2.28. The van der Waals surface area contributed by atoms with Gasteiger partial charge in [0.05, 0.1) is 5.52 Å². The van der Waals surface area contributed by atoms with Gasteiger partial charge in [0, 0.05) is 18.0 Å². The Morgan fingerprint density at radius 2 is 2.00 bits per heavy atom. The van der Waals surface area contributed by atoms with Gasteiger partial charge in [-0.2, -0.15) is 0 Å². The first-order valence-corrected chi connectivity index (χ1v) is 6.52. The van der Waals surface area contributed by atoms with Crippen LogP contribution in [0.5, 0.6) is 0 Å². The molecule has 1 saturated heterocycles. The summed E-state index contributed by atoms with van der Waals surface area (Å²) in [6.45, 7) is 1.22. The fourth-order valence-corrected chi connectivity index (χ4v) is 3.42. The predicted molar refractivity (Wildman–Crippen MR) is 70.2 cm³/mol. The van der Waals surface area contributed by atoms with Gasteiger partial charge in [0.15, 0.2) is 0 Å². The van der Waals surface area contributed by atoms with Crippen LogP contribution < -0.4 is 4.90 Å². The van der Waals surface area contributed by atoms with Crippen molar-refractivity contribution >= 4 is 16.7 Å². The minimum absolute atomic E-state index is 0.758. The molecule has 0 spiro atoms. The molecule has 1 saturated carbocycles. The summed E-state index contributed by atoms with van der Waals surface area (Å²) in [5.41, 5.74) is 1.12. The first kappa shape index (κ1) is 9.46. The van der Waals surface area contributed by atoms with Gasteiger partial charge in [-0.15, -0.1) is 0 Å². The summed E-state index contributed by atoms with van der Waals surface area (Å²) in [4.78, 5) is 7.32. The van der Waals surface area contributed by atoms with Crippen molar-refractivity contribution in [2.24, 2.45) is 5.92 Å². The van der Waals surface area contributed by atoms with Crippen LogP contribution in [0.15, 0.2) is 36.4 Å². The SMILES string of the molecule is c1ccc2nc(N3CC4CCC3C4)ccc2c1. The minimum Gasteiger partial charge on any atom is -0.353 e. The second-order valence-electron chi connectivity index (χ2n) is 5.35. The second kappa shape index (κ2) is 3.46. The number of aromatic nitrogens is 1. The highest BCUT2D eigenvalue weighted by atomic mass is 15.2. The summed E-state index contributed by atoms with van der Waals surface area (Å²) < 4.78 is 0. The van der Waals surface area contributed by atoms with Crippen molar-refractivity contribution in [2.75, 3.05) is 11.4 Å². The third-order valence-electron chi connectivity index (χ3n) is 4.29. The highest BCUT2D eigenvalue weighted by molar-refractivity contribution is 5.80. The number of nitrogens with zero attached hydrogens (tertiary/aromatic N) is 2. The predicted octanol–water partition coefficient (Wildman–Crippen LogP) is 3.22. The van der Waals surface area contributed by atoms with Crippen molar-refractivity contribution in [1.29, 1.82) is 0 Å². The molecule has 2 heterocycles. The van der Waals surface area contributed by atoms with Crippen molar-refractivity contribution in [3.63, 3.8) is 0 Å². The van der Waals surface area contributed by atoms with Gasteiger partial charge in [-0.05, 0) is 43.4 Å². The van der Waals surface area contributed by atoms with E-state index in [2.05, 4.69) is 41.3 Å². The Morgan fingerprint density at radius 3 is 2.82 bits per heavy atom. The number of anilines is 1. The van der Waals surface area contributed by atoms with Crippen LogP contribution in [0.1, 0.15) is 19.3 Å². The number of pyridine rings is 1. The van der Waals surface area contributed by atoms with Crippen molar-refractivity contribution < 1.29 is 0 Å². The third-order valence-corrected chi connectivity index (χ3v) is 4.29. The summed E-state index contributed by atoms with van der Waals surface area (Å²) in [6.07, 6.45) is 4.17. The molecule has 2 atom stereocenters. The summed E-state index contributed by atoms with van der Waals surface area (Å²) >= 11 is 0. The highest BCUT2D eigenvalue weighted by Gasteiger charge is 2.38. The average molecular weight is 224 g/mol. The molecule has 2 bridgehead atoms. The Balaban J connectivity index is 1.76. The van der Waals surface area contributed by atoms with Crippen LogP contribution in [0.2, 0.25) is 0 Å². The maximum atomic E-state index is 4.80. The van der Waals surface area contributed by atoms with E-state index in [1.807, 2.05) is 0 Å². The van der Waals surface area contributed by atoms with E-state index in [0.717, 1.165) is 17.5 Å². The molecule has 2 heteroatoms. The highest BCUT2D eigenvalue weighted by Crippen LogP contribution is 2.39. The molecule has 0 N–H and O–H groups in total. The third kappa shape index (κ3) is 1.43. The quantitative estimate of drug-likeness (QED) is 0.739. The van der Waals surface area contributed by atoms with Gasteiger partial charge >= 0.3 is 0 Å². The molecule has 2 fully saturated rings. The number of benzene rings is 1. The summed E-state index contributed by atoms with van der Waals surface area (Å²) in [5.74, 6) is 2.10. The van der Waals surface area contributed by atoms with Crippen LogP contribution in [0.3, 0.4) is 0 Å². The lowest BCUT2D eigenvalue weighted by atomic mass is 10.1. The molecular weight excluding hydrogens is 208 g/mol. The van der Waals surface area contributed by atoms with Crippen molar-refractivity contribution in [2.45, 2.75) is 25.3 Å². The average Bonchev–Trinajstić information content (AvgIpc) is 3.00. The Labute approximate surface area is 101 Å². The van der Waals surface area contributed by atoms with E-state index >= 15 is 0 Å². The van der Waals surface area contributed by atoms with Crippen LogP contribution in [0, 0.1) is 5.92 Å². The molecule has 17 heavy (non-hydrogen) atoms. The van der Waals surface area contributed by atoms with Gasteiger partial charge in [0.1, 0.15) is 5.82 Å². The fourth-order valence-electron chi connectivity index (χ4n) is 3.42. The molecule has 1 aliphatic heterocycles. The smallest absolute Gasteiger partial charge is 0.129 e. The van der Waals surface area contributed by atoms with E-state index in [4.69, 9.17) is 4.98 Å². The number of fused-ring (bicyclic) bond motifs is 3. The first-order valence-electron chi connectivity index (χ1n) is 6.52. The van der Waals surface area contributed by atoms with E-state index in [1.165, 1.54) is 37.0 Å². The van der Waals surface area contributed by atoms with Crippen molar-refractivity contribution in [3.05, 3.63) is 36.4 Å². The molecule has 2 aromatic rings. The standard InChI is InChI=1S/C15H16N2/c1-2-4-14-12(3-1)6-8-15(16-14)17-10-11-5-7-13(17)9-11/h1-4,6,8,11,13H,5,7,9-10H2. The van der Waals surface area contributed by atoms with Gasteiger partial charge in [-0.1, -0.05) is 18.2 Å². The van der Waals surface area contributed by atoms with Crippen LogP contribution in [-0.4, -0.2) is 17.6 Å². The minimum atomic E-state index is 0.758. The second-order valence-corrected chi connectivity index (χ2v) is 5.35. The summed E-state index contributed by atoms with van der Waals surface area (Å²) in [7, 11) is 0. The molecule has 1 aliphatic carbocycles. The lowest BCUT2D eigenvalue weighted by Crippen LogP contribution is -2.32. The summed E-state index contributed by atoms with van der Waals surface area (Å²) in [5, 5.41) is 1.24. The zero-order valence-corrected chi connectivity index (χ0v) is 9.84. The normalized spacial score (nSPS) is 26.9. The molecule has 0 radical (unpaired) electrons. The van der Waals surface area contributed by atoms with Gasteiger partial charge < -0.3 is 4.90 Å². The van der Waals surface area contributed by atoms with E-state index in [-0.39, 0.29) is 0 Å². The Morgan fingerprint density at radius 1 is 1.06 bits per heavy atom. The zero-order chi connectivity index (χ0) is 11.2. The van der Waals surface area contributed by atoms with E-state index in [1.54, 1.807) is 0 Å². The van der Waals surface area contributed by atoms with Crippen LogP contribution in [-0.2, 0) is 0 Å². The van der Waals surface area contributed by atoms with E-state index in [0.29, 0.717) is 0 Å². The Kier molecular flexibility index (Phi) is 1.92. The van der Waals surface area contributed by atoms with Crippen LogP contribution in [0.4, 0.5) is 5.82 Å². The number of hydrogen-bond acceptors (Lipinski definition) is 2. The lowest BCUT2D eigenvalue weighted by molar-refractivity contribution is 0.551. The summed E-state index contributed by atoms with van der Waals surface area (Å²) in [6, 6.07) is 13.5. The van der Waals surface area contributed by atoms with Crippen LogP contribution >= 0.6 is 0 Å². The van der Waals surface area contributed by atoms with Gasteiger partial charge in [-0.3, -0.25) is 0 Å². The van der Waals surface area contributed by atoms with Crippen LogP contribution in [0.25, 0.3) is 10.9 Å². The number of hydrogen-bond donors (Lipinski definition) is 0. The van der Waals surface area contributed by atoms with Gasteiger partial charge in [-0.25, -0.2) is 4.98 Å². The largest absolute Gasteiger partial charge is 0.353 e. The molecule has 86 valence electrons. The molecule has 0 amide bonds. The molecule has 4 rings (SSSR count). The fraction of sp³-hybridized carbons (Fsp3) is 0.400. The van der Waals surface area contributed by atoms with Crippen molar-refractivity contribution in [3.8, 4) is 0 Å². The monoisotopic (exact) mass is 224 g/mol. The topological polar surface area (TPSA) is 16.1 Å². The zero-order valence-electron chi connectivity index (χ0n) is 9.84. The number of rotatable bonds is 1. The Hall–Kier alpha value is -1.57. The van der Waals surface area contributed by atoms with Gasteiger partial charge in [0.25, 0.3) is 0 Å².